The molecule has 1 fully saturated rings. The van der Waals surface area contributed by atoms with Gasteiger partial charge in [0.2, 0.25) is 0 Å². The SMILES string of the molecule is CCN1CCC[C@@H](n2ccc3c(C)c(-c4ccc(C(F)(F)F)cc4O)nnc32)C1. The van der Waals surface area contributed by atoms with Crippen molar-refractivity contribution in [2.45, 2.75) is 38.9 Å². The van der Waals surface area contributed by atoms with Crippen molar-refractivity contribution < 1.29 is 18.3 Å². The number of phenolic OH excluding ortho intramolecular Hbond substituents is 1. The summed E-state index contributed by atoms with van der Waals surface area (Å²) in [5.41, 5.74) is 1.29. The van der Waals surface area contributed by atoms with Crippen LogP contribution in [-0.2, 0) is 6.18 Å². The van der Waals surface area contributed by atoms with Gasteiger partial charge in [0.05, 0.1) is 5.56 Å². The summed E-state index contributed by atoms with van der Waals surface area (Å²) in [6.07, 6.45) is -0.304. The number of hydrogen-bond acceptors (Lipinski definition) is 4. The summed E-state index contributed by atoms with van der Waals surface area (Å²) >= 11 is 0. The molecule has 1 N–H and O–H groups in total. The molecule has 0 aliphatic carbocycles. The molecule has 0 unspecified atom stereocenters. The van der Waals surface area contributed by atoms with Crippen molar-refractivity contribution >= 4 is 11.0 Å². The van der Waals surface area contributed by atoms with Gasteiger partial charge >= 0.3 is 6.18 Å². The van der Waals surface area contributed by atoms with E-state index < -0.39 is 17.5 Å². The molecule has 0 amide bonds. The summed E-state index contributed by atoms with van der Waals surface area (Å²) in [7, 11) is 0. The predicted octanol–water partition coefficient (Wildman–Crippen LogP) is 4.79. The van der Waals surface area contributed by atoms with Crippen LogP contribution in [0.3, 0.4) is 0 Å². The monoisotopic (exact) mass is 404 g/mol. The van der Waals surface area contributed by atoms with Crippen LogP contribution in [-0.4, -0.2) is 44.4 Å². The van der Waals surface area contributed by atoms with Crippen LogP contribution in [0.1, 0.15) is 36.9 Å². The summed E-state index contributed by atoms with van der Waals surface area (Å²) < 4.78 is 40.8. The summed E-state index contributed by atoms with van der Waals surface area (Å²) in [6.45, 7) is 7.09. The Bertz CT molecular complexity index is 1040. The van der Waals surface area contributed by atoms with E-state index in [1.54, 1.807) is 0 Å². The van der Waals surface area contributed by atoms with Gasteiger partial charge in [-0.25, -0.2) is 0 Å². The molecule has 4 rings (SSSR count). The van der Waals surface area contributed by atoms with Gasteiger partial charge in [0.25, 0.3) is 0 Å². The third-order valence-electron chi connectivity index (χ3n) is 5.79. The van der Waals surface area contributed by atoms with Gasteiger partial charge in [0, 0.05) is 29.7 Å². The zero-order valence-corrected chi connectivity index (χ0v) is 16.4. The minimum absolute atomic E-state index is 0.243. The Balaban J connectivity index is 1.73. The summed E-state index contributed by atoms with van der Waals surface area (Å²) in [6, 6.07) is 5.22. The number of piperidine rings is 1. The predicted molar refractivity (Wildman–Crippen MR) is 105 cm³/mol. The Labute approximate surface area is 166 Å². The van der Waals surface area contributed by atoms with Crippen LogP contribution in [0.4, 0.5) is 13.2 Å². The number of phenols is 1. The normalized spacial score (nSPS) is 18.4. The van der Waals surface area contributed by atoms with Gasteiger partial charge in [-0.1, -0.05) is 6.92 Å². The smallest absolute Gasteiger partial charge is 0.416 e. The van der Waals surface area contributed by atoms with E-state index >= 15 is 0 Å². The van der Waals surface area contributed by atoms with E-state index in [9.17, 15) is 18.3 Å². The van der Waals surface area contributed by atoms with Crippen molar-refractivity contribution in [2.75, 3.05) is 19.6 Å². The number of halogens is 3. The Kier molecular flexibility index (Phi) is 4.98. The maximum atomic E-state index is 12.9. The standard InChI is InChI=1S/C21H23F3N4O/c1-3-27-9-4-5-15(12-27)28-10-8-16-13(2)19(25-26-20(16)28)17-7-6-14(11-18(17)29)21(22,23)24/h6-8,10-11,15,29H,3-5,9,12H2,1-2H3/t15-/m1/s1. The lowest BCUT2D eigenvalue weighted by molar-refractivity contribution is -0.137. The van der Waals surface area contributed by atoms with Crippen molar-refractivity contribution in [1.29, 1.82) is 0 Å². The molecule has 2 aromatic heterocycles. The minimum atomic E-state index is -4.51. The topological polar surface area (TPSA) is 54.2 Å². The molecule has 1 aliphatic rings. The van der Waals surface area contributed by atoms with Gasteiger partial charge in [-0.2, -0.15) is 13.2 Å². The first-order chi connectivity index (χ1) is 13.8. The average Bonchev–Trinajstić information content (AvgIpc) is 3.13. The first-order valence-corrected chi connectivity index (χ1v) is 9.76. The molecule has 1 aliphatic heterocycles. The number of aromatic nitrogens is 3. The second kappa shape index (κ2) is 7.33. The Morgan fingerprint density at radius 2 is 2.00 bits per heavy atom. The fraction of sp³-hybridized carbons (Fsp3) is 0.429. The van der Waals surface area contributed by atoms with Gasteiger partial charge in [-0.05, 0) is 62.7 Å². The average molecular weight is 404 g/mol. The van der Waals surface area contributed by atoms with Gasteiger partial charge in [0.1, 0.15) is 11.4 Å². The van der Waals surface area contributed by atoms with Crippen LogP contribution in [0, 0.1) is 6.92 Å². The number of nitrogens with zero attached hydrogens (tertiary/aromatic N) is 4. The van der Waals surface area contributed by atoms with Crippen molar-refractivity contribution in [3.05, 3.63) is 41.6 Å². The summed E-state index contributed by atoms with van der Waals surface area (Å²) in [4.78, 5) is 2.41. The van der Waals surface area contributed by atoms with E-state index in [2.05, 4.69) is 26.6 Å². The molecule has 154 valence electrons. The highest BCUT2D eigenvalue weighted by atomic mass is 19.4. The van der Waals surface area contributed by atoms with Crippen LogP contribution >= 0.6 is 0 Å². The molecule has 0 spiro atoms. The number of likely N-dealkylation sites (tertiary alicyclic amines) is 1. The second-order valence-electron chi connectivity index (χ2n) is 7.55. The number of benzene rings is 1. The van der Waals surface area contributed by atoms with Gasteiger partial charge in [0.15, 0.2) is 5.65 Å². The number of aryl methyl sites for hydroxylation is 1. The molecule has 0 saturated carbocycles. The first-order valence-electron chi connectivity index (χ1n) is 9.76. The Morgan fingerprint density at radius 3 is 2.69 bits per heavy atom. The third-order valence-corrected chi connectivity index (χ3v) is 5.79. The molecule has 3 heterocycles. The van der Waals surface area contributed by atoms with Gasteiger partial charge in [-0.3, -0.25) is 0 Å². The molecule has 5 nitrogen and oxygen atoms in total. The number of rotatable bonds is 3. The zero-order chi connectivity index (χ0) is 20.8. The number of hydrogen-bond donors (Lipinski definition) is 1. The van der Waals surface area contributed by atoms with Crippen LogP contribution in [0.5, 0.6) is 5.75 Å². The molecule has 3 aromatic rings. The molecule has 1 saturated heterocycles. The highest BCUT2D eigenvalue weighted by molar-refractivity contribution is 5.86. The van der Waals surface area contributed by atoms with Gasteiger partial charge in [-0.15, -0.1) is 10.2 Å². The molecular weight excluding hydrogens is 381 g/mol. The van der Waals surface area contributed by atoms with E-state index in [1.165, 1.54) is 6.07 Å². The number of likely N-dealkylation sites (N-methyl/N-ethyl adjacent to an activating group) is 1. The lowest BCUT2D eigenvalue weighted by Crippen LogP contribution is -2.36. The van der Waals surface area contributed by atoms with E-state index in [-0.39, 0.29) is 5.56 Å². The highest BCUT2D eigenvalue weighted by Gasteiger charge is 2.31. The Hall–Kier alpha value is -2.61. The fourth-order valence-corrected chi connectivity index (χ4v) is 4.14. The largest absolute Gasteiger partial charge is 0.507 e. The molecule has 29 heavy (non-hydrogen) atoms. The lowest BCUT2D eigenvalue weighted by Gasteiger charge is -2.32. The second-order valence-corrected chi connectivity index (χ2v) is 7.55. The summed E-state index contributed by atoms with van der Waals surface area (Å²) in [5.74, 6) is -0.457. The Morgan fingerprint density at radius 1 is 1.21 bits per heavy atom. The highest BCUT2D eigenvalue weighted by Crippen LogP contribution is 2.38. The van der Waals surface area contributed by atoms with Crippen LogP contribution in [0.15, 0.2) is 30.5 Å². The molecule has 1 aromatic carbocycles. The number of alkyl halides is 3. The summed E-state index contributed by atoms with van der Waals surface area (Å²) in [5, 5.41) is 19.7. The van der Waals surface area contributed by atoms with E-state index in [1.807, 2.05) is 19.2 Å². The molecule has 1 atom stereocenters. The van der Waals surface area contributed by atoms with Crippen molar-refractivity contribution in [3.63, 3.8) is 0 Å². The van der Waals surface area contributed by atoms with Crippen molar-refractivity contribution in [3.8, 4) is 17.0 Å². The van der Waals surface area contributed by atoms with E-state index in [0.717, 1.165) is 61.2 Å². The molecular formula is C21H23F3N4O. The van der Waals surface area contributed by atoms with Crippen molar-refractivity contribution in [1.82, 2.24) is 19.7 Å². The molecule has 0 bridgehead atoms. The van der Waals surface area contributed by atoms with E-state index in [4.69, 9.17) is 0 Å². The minimum Gasteiger partial charge on any atom is -0.507 e. The van der Waals surface area contributed by atoms with Crippen LogP contribution in [0.25, 0.3) is 22.3 Å². The van der Waals surface area contributed by atoms with Gasteiger partial charge < -0.3 is 14.6 Å². The molecule has 0 radical (unpaired) electrons. The number of fused-ring (bicyclic) bond motifs is 1. The third kappa shape index (κ3) is 3.57. The van der Waals surface area contributed by atoms with Crippen molar-refractivity contribution in [2.24, 2.45) is 0 Å². The maximum Gasteiger partial charge on any atom is 0.416 e. The fourth-order valence-electron chi connectivity index (χ4n) is 4.14. The van der Waals surface area contributed by atoms with Crippen LogP contribution in [0.2, 0.25) is 0 Å². The molecule has 8 heteroatoms. The zero-order valence-electron chi connectivity index (χ0n) is 16.4. The quantitative estimate of drug-likeness (QED) is 0.682. The maximum absolute atomic E-state index is 12.9. The van der Waals surface area contributed by atoms with Crippen LogP contribution < -0.4 is 0 Å². The first kappa shape index (κ1) is 19.7. The number of aromatic hydroxyl groups is 1. The van der Waals surface area contributed by atoms with E-state index in [0.29, 0.717) is 11.7 Å². The lowest BCUT2D eigenvalue weighted by atomic mass is 10.0.